The van der Waals surface area contributed by atoms with E-state index >= 15 is 0 Å². The van der Waals surface area contributed by atoms with Crippen molar-refractivity contribution in [1.29, 1.82) is 0 Å². The topological polar surface area (TPSA) is 32.3 Å². The van der Waals surface area contributed by atoms with Crippen molar-refractivity contribution in [3.8, 4) is 0 Å². The van der Waals surface area contributed by atoms with Crippen molar-refractivity contribution in [2.75, 3.05) is 20.1 Å². The van der Waals surface area contributed by atoms with E-state index in [2.05, 4.69) is 5.32 Å². The lowest BCUT2D eigenvalue weighted by Gasteiger charge is -2.17. The third-order valence-electron chi connectivity index (χ3n) is 3.97. The van der Waals surface area contributed by atoms with Crippen LogP contribution in [0.3, 0.4) is 0 Å². The molecule has 0 bridgehead atoms. The molecule has 2 aliphatic carbocycles. The van der Waals surface area contributed by atoms with Gasteiger partial charge in [-0.2, -0.15) is 0 Å². The number of nitrogens with one attached hydrogen (secondary N) is 1. The van der Waals surface area contributed by atoms with Gasteiger partial charge >= 0.3 is 0 Å². The first kappa shape index (κ1) is 11.9. The van der Waals surface area contributed by atoms with Crippen LogP contribution in [0.1, 0.15) is 44.9 Å². The van der Waals surface area contributed by atoms with Crippen molar-refractivity contribution in [3.05, 3.63) is 0 Å². The molecule has 0 heterocycles. The van der Waals surface area contributed by atoms with E-state index in [1.807, 2.05) is 11.9 Å². The number of hydrogen-bond donors (Lipinski definition) is 1. The van der Waals surface area contributed by atoms with Crippen molar-refractivity contribution in [1.82, 2.24) is 10.2 Å². The van der Waals surface area contributed by atoms with Crippen LogP contribution in [0, 0.1) is 5.92 Å². The fourth-order valence-corrected chi connectivity index (χ4v) is 2.59. The van der Waals surface area contributed by atoms with Gasteiger partial charge in [0.25, 0.3) is 0 Å². The number of carbonyl (C=O) groups is 1. The molecule has 0 unspecified atom stereocenters. The van der Waals surface area contributed by atoms with Crippen LogP contribution >= 0.6 is 0 Å². The second-order valence-electron chi connectivity index (χ2n) is 5.35. The van der Waals surface area contributed by atoms with Crippen LogP contribution in [0.15, 0.2) is 0 Å². The number of likely N-dealkylation sites (N-methyl/N-ethyl adjacent to an activating group) is 1. The number of nitrogens with zero attached hydrogens (tertiary/aromatic N) is 1. The Balaban J connectivity index is 1.51. The van der Waals surface area contributed by atoms with E-state index in [1.165, 1.54) is 44.9 Å². The summed E-state index contributed by atoms with van der Waals surface area (Å²) in [5, 5.41) is 3.28. The minimum absolute atomic E-state index is 0.258. The Hall–Kier alpha value is -0.570. The first-order chi connectivity index (χ1) is 7.77. The molecule has 0 aromatic heterocycles. The summed E-state index contributed by atoms with van der Waals surface area (Å²) < 4.78 is 0. The molecule has 0 spiro atoms. The van der Waals surface area contributed by atoms with Crippen molar-refractivity contribution >= 4 is 5.91 Å². The van der Waals surface area contributed by atoms with Gasteiger partial charge in [0, 0.05) is 13.1 Å². The predicted octanol–water partition coefficient (Wildman–Crippen LogP) is 1.78. The van der Waals surface area contributed by atoms with Crippen LogP contribution in [0.2, 0.25) is 0 Å². The van der Waals surface area contributed by atoms with E-state index in [0.717, 1.165) is 12.5 Å². The van der Waals surface area contributed by atoms with E-state index in [4.69, 9.17) is 0 Å². The minimum Gasteiger partial charge on any atom is -0.342 e. The van der Waals surface area contributed by atoms with Crippen LogP contribution in [0.25, 0.3) is 0 Å². The smallest absolute Gasteiger partial charge is 0.236 e. The minimum atomic E-state index is 0.258. The third-order valence-corrected chi connectivity index (χ3v) is 3.97. The molecule has 0 aromatic carbocycles. The molecule has 0 saturated heterocycles. The molecule has 16 heavy (non-hydrogen) atoms. The van der Waals surface area contributed by atoms with Crippen molar-refractivity contribution in [2.45, 2.75) is 51.0 Å². The van der Waals surface area contributed by atoms with Gasteiger partial charge in [-0.15, -0.1) is 0 Å². The second-order valence-corrected chi connectivity index (χ2v) is 5.35. The number of carbonyl (C=O) groups excluding carboxylic acids is 1. The summed E-state index contributed by atoms with van der Waals surface area (Å²) in [5.74, 6) is 1.18. The molecule has 2 saturated carbocycles. The molecule has 0 atom stereocenters. The lowest BCUT2D eigenvalue weighted by atomic mass is 10.0. The molecule has 0 aliphatic heterocycles. The summed E-state index contributed by atoms with van der Waals surface area (Å²) in [7, 11) is 1.93. The Morgan fingerprint density at radius 2 is 1.94 bits per heavy atom. The summed E-state index contributed by atoms with van der Waals surface area (Å²) in [6.45, 7) is 1.54. The molecule has 2 rings (SSSR count). The number of hydrogen-bond acceptors (Lipinski definition) is 2. The van der Waals surface area contributed by atoms with Gasteiger partial charge in [-0.1, -0.05) is 25.7 Å². The van der Waals surface area contributed by atoms with E-state index in [0.29, 0.717) is 12.6 Å². The summed E-state index contributed by atoms with van der Waals surface area (Å²) >= 11 is 0. The third kappa shape index (κ3) is 3.48. The number of rotatable bonds is 6. The Kier molecular flexibility index (Phi) is 4.22. The van der Waals surface area contributed by atoms with Gasteiger partial charge in [-0.05, 0) is 31.7 Å². The van der Waals surface area contributed by atoms with Crippen LogP contribution in [-0.4, -0.2) is 37.0 Å². The number of amides is 1. The van der Waals surface area contributed by atoms with Crippen molar-refractivity contribution in [2.24, 2.45) is 5.92 Å². The molecule has 0 radical (unpaired) electrons. The highest BCUT2D eigenvalue weighted by Crippen LogP contribution is 2.27. The van der Waals surface area contributed by atoms with Crippen LogP contribution in [-0.2, 0) is 4.79 Å². The van der Waals surface area contributed by atoms with E-state index in [1.54, 1.807) is 0 Å². The molecular weight excluding hydrogens is 200 g/mol. The maximum Gasteiger partial charge on any atom is 0.236 e. The van der Waals surface area contributed by atoms with Crippen LogP contribution < -0.4 is 5.32 Å². The normalized spacial score (nSPS) is 21.3. The molecule has 2 fully saturated rings. The zero-order valence-electron chi connectivity index (χ0n) is 10.4. The molecule has 92 valence electrons. The monoisotopic (exact) mass is 224 g/mol. The van der Waals surface area contributed by atoms with Crippen LogP contribution in [0.5, 0.6) is 0 Å². The first-order valence-electron chi connectivity index (χ1n) is 6.74. The van der Waals surface area contributed by atoms with Gasteiger partial charge in [-0.25, -0.2) is 0 Å². The Morgan fingerprint density at radius 1 is 1.25 bits per heavy atom. The standard InChI is InChI=1S/C13H24N2O/c1-15(12-6-7-12)13(16)10-14-9-8-11-4-2-3-5-11/h11-12,14H,2-10H2,1H3. The molecule has 2 aliphatic rings. The maximum atomic E-state index is 11.7. The van der Waals surface area contributed by atoms with E-state index in [9.17, 15) is 4.79 Å². The molecule has 0 aromatic rings. The average molecular weight is 224 g/mol. The lowest BCUT2D eigenvalue weighted by Crippen LogP contribution is -2.37. The highest BCUT2D eigenvalue weighted by molar-refractivity contribution is 5.78. The zero-order chi connectivity index (χ0) is 11.4. The van der Waals surface area contributed by atoms with Crippen molar-refractivity contribution in [3.63, 3.8) is 0 Å². The highest BCUT2D eigenvalue weighted by Gasteiger charge is 2.29. The molecular formula is C13H24N2O. The fourth-order valence-electron chi connectivity index (χ4n) is 2.59. The predicted molar refractivity (Wildman–Crippen MR) is 65.2 cm³/mol. The molecule has 1 amide bonds. The zero-order valence-corrected chi connectivity index (χ0v) is 10.4. The SMILES string of the molecule is CN(C(=O)CNCCC1CCCC1)C1CC1. The summed E-state index contributed by atoms with van der Waals surface area (Å²) in [4.78, 5) is 13.6. The lowest BCUT2D eigenvalue weighted by molar-refractivity contribution is -0.129. The summed E-state index contributed by atoms with van der Waals surface area (Å²) in [5.41, 5.74) is 0. The average Bonchev–Trinajstić information content (AvgIpc) is 3.01. The molecule has 3 heteroatoms. The second kappa shape index (κ2) is 5.67. The molecule has 1 N–H and O–H groups in total. The van der Waals surface area contributed by atoms with Gasteiger partial charge in [0.15, 0.2) is 0 Å². The van der Waals surface area contributed by atoms with Gasteiger partial charge in [0.2, 0.25) is 5.91 Å². The quantitative estimate of drug-likeness (QED) is 0.697. The van der Waals surface area contributed by atoms with Crippen molar-refractivity contribution < 1.29 is 4.79 Å². The van der Waals surface area contributed by atoms with E-state index < -0.39 is 0 Å². The summed E-state index contributed by atoms with van der Waals surface area (Å²) in [6.07, 6.45) is 9.27. The first-order valence-corrected chi connectivity index (χ1v) is 6.74. The Labute approximate surface area is 98.6 Å². The Bertz CT molecular complexity index is 232. The highest BCUT2D eigenvalue weighted by atomic mass is 16.2. The largest absolute Gasteiger partial charge is 0.342 e. The van der Waals surface area contributed by atoms with Gasteiger partial charge in [0.1, 0.15) is 0 Å². The van der Waals surface area contributed by atoms with Gasteiger partial charge < -0.3 is 10.2 Å². The summed E-state index contributed by atoms with van der Waals surface area (Å²) in [6, 6.07) is 0.545. The van der Waals surface area contributed by atoms with Crippen LogP contribution in [0.4, 0.5) is 0 Å². The molecule has 3 nitrogen and oxygen atoms in total. The Morgan fingerprint density at radius 3 is 2.56 bits per heavy atom. The maximum absolute atomic E-state index is 11.7. The van der Waals surface area contributed by atoms with Gasteiger partial charge in [-0.3, -0.25) is 4.79 Å². The fraction of sp³-hybridized carbons (Fsp3) is 0.923. The van der Waals surface area contributed by atoms with E-state index in [-0.39, 0.29) is 5.91 Å². The van der Waals surface area contributed by atoms with Gasteiger partial charge in [0.05, 0.1) is 6.54 Å².